The van der Waals surface area contributed by atoms with E-state index in [-0.39, 0.29) is 6.09 Å². The fourth-order valence-electron chi connectivity index (χ4n) is 1.94. The third kappa shape index (κ3) is 5.22. The maximum absolute atomic E-state index is 11.5. The van der Waals surface area contributed by atoms with Crippen LogP contribution in [0, 0.1) is 0 Å². The van der Waals surface area contributed by atoms with Crippen molar-refractivity contribution in [3.8, 4) is 0 Å². The fourth-order valence-corrected chi connectivity index (χ4v) is 1.94. The highest BCUT2D eigenvalue weighted by atomic mass is 16.6. The number of nitrogens with one attached hydrogen (secondary N) is 2. The van der Waals surface area contributed by atoms with E-state index in [1.165, 1.54) is 0 Å². The summed E-state index contributed by atoms with van der Waals surface area (Å²) in [6.07, 6.45) is 1.57. The van der Waals surface area contributed by atoms with E-state index < -0.39 is 6.03 Å². The van der Waals surface area contributed by atoms with Crippen LogP contribution in [0.4, 0.5) is 9.59 Å². The van der Waals surface area contributed by atoms with Crippen molar-refractivity contribution in [3.05, 3.63) is 0 Å². The molecule has 0 saturated carbocycles. The number of amides is 3. The SMILES string of the molecule is CCOC(=O)N1CCC(NCCNC(N)=O)CC1. The second kappa shape index (κ2) is 7.75. The monoisotopic (exact) mass is 258 g/mol. The maximum Gasteiger partial charge on any atom is 0.409 e. The fraction of sp³-hybridized carbons (Fsp3) is 0.818. The summed E-state index contributed by atoms with van der Waals surface area (Å²) in [5, 5.41) is 5.84. The van der Waals surface area contributed by atoms with Gasteiger partial charge in [0.1, 0.15) is 0 Å². The standard InChI is InChI=1S/C11H22N4O3/c1-2-18-11(17)15-7-3-9(4-8-15)13-5-6-14-10(12)16/h9,13H,2-8H2,1H3,(H3,12,14,16). The molecule has 104 valence electrons. The number of rotatable bonds is 5. The predicted octanol–water partition coefficient (Wildman–Crippen LogP) is -0.135. The van der Waals surface area contributed by atoms with Crippen molar-refractivity contribution in [2.75, 3.05) is 32.8 Å². The Bertz CT molecular complexity index is 277. The zero-order chi connectivity index (χ0) is 13.4. The van der Waals surface area contributed by atoms with Gasteiger partial charge in [0.05, 0.1) is 6.61 Å². The lowest BCUT2D eigenvalue weighted by Crippen LogP contribution is -2.46. The Morgan fingerprint density at radius 2 is 2.00 bits per heavy atom. The van der Waals surface area contributed by atoms with Crippen molar-refractivity contribution in [1.82, 2.24) is 15.5 Å². The summed E-state index contributed by atoms with van der Waals surface area (Å²) < 4.78 is 4.95. The molecule has 0 spiro atoms. The maximum atomic E-state index is 11.5. The van der Waals surface area contributed by atoms with Crippen molar-refractivity contribution in [1.29, 1.82) is 0 Å². The number of nitrogens with zero attached hydrogens (tertiary/aromatic N) is 1. The molecule has 1 aliphatic heterocycles. The second-order valence-electron chi connectivity index (χ2n) is 4.21. The Morgan fingerprint density at radius 1 is 1.33 bits per heavy atom. The Kier molecular flexibility index (Phi) is 6.27. The highest BCUT2D eigenvalue weighted by molar-refractivity contribution is 5.71. The molecule has 1 fully saturated rings. The number of piperidine rings is 1. The molecule has 0 radical (unpaired) electrons. The molecule has 1 heterocycles. The van der Waals surface area contributed by atoms with E-state index in [0.29, 0.717) is 38.8 Å². The lowest BCUT2D eigenvalue weighted by atomic mass is 10.1. The lowest BCUT2D eigenvalue weighted by molar-refractivity contribution is 0.0951. The number of primary amides is 1. The van der Waals surface area contributed by atoms with E-state index in [4.69, 9.17) is 10.5 Å². The Balaban J connectivity index is 2.11. The van der Waals surface area contributed by atoms with Crippen molar-refractivity contribution < 1.29 is 14.3 Å². The van der Waals surface area contributed by atoms with Gasteiger partial charge in [-0.1, -0.05) is 0 Å². The first kappa shape index (κ1) is 14.6. The zero-order valence-corrected chi connectivity index (χ0v) is 10.8. The van der Waals surface area contributed by atoms with Crippen LogP contribution in [-0.4, -0.2) is 55.9 Å². The molecule has 1 aliphatic rings. The minimum Gasteiger partial charge on any atom is -0.450 e. The molecule has 0 unspecified atom stereocenters. The number of hydrogen-bond donors (Lipinski definition) is 3. The molecular formula is C11H22N4O3. The topological polar surface area (TPSA) is 96.7 Å². The third-order valence-corrected chi connectivity index (χ3v) is 2.88. The molecule has 0 atom stereocenters. The highest BCUT2D eigenvalue weighted by Crippen LogP contribution is 2.11. The van der Waals surface area contributed by atoms with Crippen LogP contribution in [0.3, 0.4) is 0 Å². The number of urea groups is 1. The molecule has 0 aromatic rings. The van der Waals surface area contributed by atoms with Crippen molar-refractivity contribution in [2.24, 2.45) is 5.73 Å². The average Bonchev–Trinajstić information content (AvgIpc) is 2.35. The number of nitrogens with two attached hydrogens (primary N) is 1. The number of ether oxygens (including phenoxy) is 1. The quantitative estimate of drug-likeness (QED) is 0.598. The van der Waals surface area contributed by atoms with Gasteiger partial charge >= 0.3 is 12.1 Å². The predicted molar refractivity (Wildman–Crippen MR) is 67.2 cm³/mol. The largest absolute Gasteiger partial charge is 0.450 e. The van der Waals surface area contributed by atoms with E-state index >= 15 is 0 Å². The van der Waals surface area contributed by atoms with Gasteiger partial charge < -0.3 is 26.0 Å². The van der Waals surface area contributed by atoms with Gasteiger partial charge in [-0.15, -0.1) is 0 Å². The summed E-state index contributed by atoms with van der Waals surface area (Å²) in [6.45, 7) is 4.84. The van der Waals surface area contributed by atoms with Gasteiger partial charge in [0.15, 0.2) is 0 Å². The van der Waals surface area contributed by atoms with Gasteiger partial charge in [0.2, 0.25) is 0 Å². The van der Waals surface area contributed by atoms with Crippen LogP contribution in [0.5, 0.6) is 0 Å². The minimum atomic E-state index is -0.506. The minimum absolute atomic E-state index is 0.230. The Morgan fingerprint density at radius 3 is 2.56 bits per heavy atom. The number of hydrogen-bond acceptors (Lipinski definition) is 4. The van der Waals surface area contributed by atoms with Gasteiger partial charge in [-0.25, -0.2) is 9.59 Å². The van der Waals surface area contributed by atoms with E-state index in [9.17, 15) is 9.59 Å². The van der Waals surface area contributed by atoms with E-state index in [1.54, 1.807) is 11.8 Å². The van der Waals surface area contributed by atoms with Gasteiger partial charge in [0, 0.05) is 32.2 Å². The van der Waals surface area contributed by atoms with Crippen LogP contribution in [0.1, 0.15) is 19.8 Å². The van der Waals surface area contributed by atoms with E-state index in [0.717, 1.165) is 12.8 Å². The van der Waals surface area contributed by atoms with Crippen LogP contribution in [0.2, 0.25) is 0 Å². The average molecular weight is 258 g/mol. The summed E-state index contributed by atoms with van der Waals surface area (Å²) in [4.78, 5) is 23.6. The van der Waals surface area contributed by atoms with Crippen molar-refractivity contribution in [3.63, 3.8) is 0 Å². The van der Waals surface area contributed by atoms with E-state index in [2.05, 4.69) is 10.6 Å². The second-order valence-corrected chi connectivity index (χ2v) is 4.21. The van der Waals surface area contributed by atoms with Crippen LogP contribution in [0.25, 0.3) is 0 Å². The first-order chi connectivity index (χ1) is 8.63. The molecule has 1 rings (SSSR count). The molecule has 0 aromatic carbocycles. The number of carbonyl (C=O) groups is 2. The first-order valence-electron chi connectivity index (χ1n) is 6.32. The molecule has 7 nitrogen and oxygen atoms in total. The summed E-state index contributed by atoms with van der Waals surface area (Å²) in [6, 6.07) is -0.126. The highest BCUT2D eigenvalue weighted by Gasteiger charge is 2.22. The molecule has 0 bridgehead atoms. The third-order valence-electron chi connectivity index (χ3n) is 2.88. The van der Waals surface area contributed by atoms with E-state index in [1.807, 2.05) is 0 Å². The van der Waals surface area contributed by atoms with Gasteiger partial charge in [-0.2, -0.15) is 0 Å². The molecular weight excluding hydrogens is 236 g/mol. The Labute approximate surface area is 107 Å². The smallest absolute Gasteiger partial charge is 0.409 e. The lowest BCUT2D eigenvalue weighted by Gasteiger charge is -2.31. The molecule has 4 N–H and O–H groups in total. The molecule has 0 aliphatic carbocycles. The van der Waals surface area contributed by atoms with Crippen LogP contribution in [0.15, 0.2) is 0 Å². The van der Waals surface area contributed by atoms with Crippen LogP contribution >= 0.6 is 0 Å². The number of carbonyl (C=O) groups excluding carboxylic acids is 2. The van der Waals surface area contributed by atoms with Crippen LogP contribution < -0.4 is 16.4 Å². The summed E-state index contributed by atoms with van der Waals surface area (Å²) in [7, 11) is 0. The molecule has 0 aromatic heterocycles. The van der Waals surface area contributed by atoms with Crippen molar-refractivity contribution in [2.45, 2.75) is 25.8 Å². The van der Waals surface area contributed by atoms with Crippen LogP contribution in [-0.2, 0) is 4.74 Å². The Hall–Kier alpha value is -1.50. The molecule has 1 saturated heterocycles. The summed E-state index contributed by atoms with van der Waals surface area (Å²) in [5.41, 5.74) is 4.96. The van der Waals surface area contributed by atoms with Gasteiger partial charge in [-0.3, -0.25) is 0 Å². The normalized spacial score (nSPS) is 16.4. The number of likely N-dealkylation sites (tertiary alicyclic amines) is 1. The zero-order valence-electron chi connectivity index (χ0n) is 10.8. The summed E-state index contributed by atoms with van der Waals surface area (Å²) in [5.74, 6) is 0. The van der Waals surface area contributed by atoms with Gasteiger partial charge in [-0.05, 0) is 19.8 Å². The first-order valence-corrected chi connectivity index (χ1v) is 6.32. The molecule has 18 heavy (non-hydrogen) atoms. The molecule has 7 heteroatoms. The van der Waals surface area contributed by atoms with Gasteiger partial charge in [0.25, 0.3) is 0 Å². The summed E-state index contributed by atoms with van der Waals surface area (Å²) >= 11 is 0. The molecule has 3 amide bonds. The van der Waals surface area contributed by atoms with Crippen molar-refractivity contribution >= 4 is 12.1 Å².